The first-order valence-corrected chi connectivity index (χ1v) is 3.80. The molecule has 3 nitrogen and oxygen atoms in total. The molecule has 0 radical (unpaired) electrons. The Kier molecular flexibility index (Phi) is 1.56. The average molecular weight is 161 g/mol. The van der Waals surface area contributed by atoms with Crippen molar-refractivity contribution in [3.63, 3.8) is 0 Å². The highest BCUT2D eigenvalue weighted by Gasteiger charge is 2.57. The van der Waals surface area contributed by atoms with E-state index in [4.69, 9.17) is 11.3 Å². The van der Waals surface area contributed by atoms with Crippen LogP contribution in [0, 0.1) is 6.57 Å². The van der Waals surface area contributed by atoms with Gasteiger partial charge in [-0.25, -0.2) is 0 Å². The van der Waals surface area contributed by atoms with Crippen molar-refractivity contribution >= 4 is 0 Å². The van der Waals surface area contributed by atoms with Crippen LogP contribution in [0.25, 0.3) is 4.85 Å². The monoisotopic (exact) mass is 161 g/mol. The number of ether oxygens (including phenoxy) is 1. The molecule has 1 atom stereocenters. The van der Waals surface area contributed by atoms with Crippen molar-refractivity contribution in [3.05, 3.63) is 34.9 Å². The van der Waals surface area contributed by atoms with Crippen LogP contribution in [-0.4, -0.2) is 17.3 Å². The van der Waals surface area contributed by atoms with Crippen molar-refractivity contribution in [1.29, 1.82) is 0 Å². The van der Waals surface area contributed by atoms with Crippen molar-refractivity contribution in [3.8, 4) is 6.57 Å². The van der Waals surface area contributed by atoms with Crippen LogP contribution in [0.4, 0.5) is 0 Å². The van der Waals surface area contributed by atoms with Crippen LogP contribution in [0.3, 0.4) is 0 Å². The molecule has 12 heavy (non-hydrogen) atoms. The zero-order valence-corrected chi connectivity index (χ0v) is 6.60. The van der Waals surface area contributed by atoms with E-state index in [1.165, 1.54) is 0 Å². The second kappa shape index (κ2) is 2.58. The molecule has 0 amide bonds. The fraction of sp³-hybridized carbons (Fsp3) is 0.333. The Bertz CT molecular complexity index is 311. The minimum atomic E-state index is -0.429. The van der Waals surface area contributed by atoms with Crippen molar-refractivity contribution in [2.45, 2.75) is 12.1 Å². The summed E-state index contributed by atoms with van der Waals surface area (Å²) in [5.41, 5.74) is 0.721. The maximum Gasteiger partial charge on any atom is 0.412 e. The summed E-state index contributed by atoms with van der Waals surface area (Å²) >= 11 is 0. The first-order valence-electron chi connectivity index (χ1n) is 3.80. The van der Waals surface area contributed by atoms with Gasteiger partial charge in [-0.15, -0.1) is 0 Å². The van der Waals surface area contributed by atoms with E-state index < -0.39 is 5.72 Å². The molecule has 0 aliphatic carbocycles. The smallest absolute Gasteiger partial charge is 0.291 e. The molecule has 1 aromatic heterocycles. The predicted octanol–water partition coefficient (Wildman–Crippen LogP) is 1.31. The van der Waals surface area contributed by atoms with Gasteiger partial charge in [0, 0.05) is 12.4 Å². The molecule has 1 unspecified atom stereocenters. The van der Waals surface area contributed by atoms with Gasteiger partial charge in [0.2, 0.25) is 0 Å². The lowest BCUT2D eigenvalue weighted by atomic mass is 10.1. The minimum Gasteiger partial charge on any atom is -0.291 e. The largest absolute Gasteiger partial charge is 0.412 e. The number of pyridine rings is 1. The quantitative estimate of drug-likeness (QED) is 0.612. The Morgan fingerprint density at radius 3 is 2.75 bits per heavy atom. The summed E-state index contributed by atoms with van der Waals surface area (Å²) in [6.07, 6.45) is 4.25. The Labute approximate surface area is 70.8 Å². The topological polar surface area (TPSA) is 29.8 Å². The molecule has 0 bridgehead atoms. The molecule has 1 aromatic rings. The standard InChI is InChI=1S/C9H9N2O/c1-10-9(7-12-9)6-8-2-4-11-5-3-8/h1-5H,6-7H2/q+1. The van der Waals surface area contributed by atoms with Gasteiger partial charge in [-0.1, -0.05) is 0 Å². The van der Waals surface area contributed by atoms with Crippen LogP contribution in [0.5, 0.6) is 0 Å². The maximum atomic E-state index is 5.20. The van der Waals surface area contributed by atoms with Gasteiger partial charge in [-0.3, -0.25) is 9.72 Å². The first kappa shape index (κ1) is 7.26. The molecule has 2 rings (SSSR count). The van der Waals surface area contributed by atoms with E-state index in [9.17, 15) is 0 Å². The van der Waals surface area contributed by atoms with Crippen molar-refractivity contribution in [2.24, 2.45) is 0 Å². The summed E-state index contributed by atoms with van der Waals surface area (Å²) in [4.78, 5) is 7.60. The molecule has 1 saturated heterocycles. The SMILES string of the molecule is C#[N+]C1(Cc2ccncc2)CO1. The summed E-state index contributed by atoms with van der Waals surface area (Å²) in [7, 11) is 0. The lowest BCUT2D eigenvalue weighted by molar-refractivity contribution is 0.348. The van der Waals surface area contributed by atoms with Gasteiger partial charge in [0.25, 0.3) is 6.57 Å². The second-order valence-corrected chi connectivity index (χ2v) is 2.90. The lowest BCUT2D eigenvalue weighted by Crippen LogP contribution is -2.08. The van der Waals surface area contributed by atoms with Gasteiger partial charge in [-0.2, -0.15) is 0 Å². The third kappa shape index (κ3) is 1.29. The van der Waals surface area contributed by atoms with Gasteiger partial charge in [0.15, 0.2) is 6.61 Å². The molecule has 1 aliphatic heterocycles. The Hall–Kier alpha value is -1.40. The van der Waals surface area contributed by atoms with E-state index in [0.29, 0.717) is 6.61 Å². The molecule has 0 N–H and O–H groups in total. The summed E-state index contributed by atoms with van der Waals surface area (Å²) in [6, 6.07) is 3.88. The summed E-state index contributed by atoms with van der Waals surface area (Å²) < 4.78 is 5.14. The van der Waals surface area contributed by atoms with E-state index >= 15 is 0 Å². The maximum absolute atomic E-state index is 5.20. The molecule has 2 heterocycles. The first-order chi connectivity index (χ1) is 5.85. The van der Waals surface area contributed by atoms with E-state index in [2.05, 4.69) is 9.83 Å². The number of hydrogen-bond donors (Lipinski definition) is 0. The zero-order chi connectivity index (χ0) is 8.44. The lowest BCUT2D eigenvalue weighted by Gasteiger charge is -1.94. The van der Waals surface area contributed by atoms with Crippen LogP contribution in [0.1, 0.15) is 5.56 Å². The van der Waals surface area contributed by atoms with Crippen LogP contribution in [-0.2, 0) is 11.2 Å². The fourth-order valence-electron chi connectivity index (χ4n) is 1.13. The molecule has 1 aliphatic rings. The Morgan fingerprint density at radius 2 is 2.25 bits per heavy atom. The third-order valence-electron chi connectivity index (χ3n) is 1.94. The highest BCUT2D eigenvalue weighted by molar-refractivity contribution is 5.18. The summed E-state index contributed by atoms with van der Waals surface area (Å²) in [6.45, 7) is 5.83. The molecule has 3 heteroatoms. The van der Waals surface area contributed by atoms with Gasteiger partial charge in [0.05, 0.1) is 6.42 Å². The average Bonchev–Trinajstić information content (AvgIpc) is 2.88. The summed E-state index contributed by atoms with van der Waals surface area (Å²) in [5.74, 6) is 0. The van der Waals surface area contributed by atoms with Crippen molar-refractivity contribution in [1.82, 2.24) is 4.98 Å². The highest BCUT2D eigenvalue weighted by Crippen LogP contribution is 2.32. The van der Waals surface area contributed by atoms with E-state index in [-0.39, 0.29) is 0 Å². The normalized spacial score (nSPS) is 26.2. The van der Waals surface area contributed by atoms with E-state index in [1.54, 1.807) is 12.4 Å². The van der Waals surface area contributed by atoms with Crippen LogP contribution in [0.2, 0.25) is 0 Å². The third-order valence-corrected chi connectivity index (χ3v) is 1.94. The molecular weight excluding hydrogens is 152 g/mol. The van der Waals surface area contributed by atoms with E-state index in [0.717, 1.165) is 12.0 Å². The molecular formula is C9H9N2O+. The molecule has 60 valence electrons. The number of aromatic nitrogens is 1. The highest BCUT2D eigenvalue weighted by atomic mass is 16.6. The minimum absolute atomic E-state index is 0.429. The van der Waals surface area contributed by atoms with Gasteiger partial charge >= 0.3 is 5.72 Å². The Balaban J connectivity index is 2.11. The van der Waals surface area contributed by atoms with Gasteiger partial charge in [0.1, 0.15) is 0 Å². The molecule has 1 fully saturated rings. The van der Waals surface area contributed by atoms with Crippen LogP contribution < -0.4 is 0 Å². The van der Waals surface area contributed by atoms with Crippen molar-refractivity contribution in [2.75, 3.05) is 6.61 Å². The number of nitrogens with zero attached hydrogens (tertiary/aromatic N) is 2. The van der Waals surface area contributed by atoms with Crippen LogP contribution >= 0.6 is 0 Å². The fourth-order valence-corrected chi connectivity index (χ4v) is 1.13. The van der Waals surface area contributed by atoms with Gasteiger partial charge in [-0.05, 0) is 22.5 Å². The number of epoxide rings is 1. The van der Waals surface area contributed by atoms with E-state index in [1.807, 2.05) is 12.1 Å². The molecule has 0 spiro atoms. The zero-order valence-electron chi connectivity index (χ0n) is 6.60. The predicted molar refractivity (Wildman–Crippen MR) is 44.9 cm³/mol. The Morgan fingerprint density at radius 1 is 1.58 bits per heavy atom. The molecule has 0 aromatic carbocycles. The number of hydrogen-bond acceptors (Lipinski definition) is 2. The molecule has 0 saturated carbocycles. The second-order valence-electron chi connectivity index (χ2n) is 2.90. The van der Waals surface area contributed by atoms with Crippen LogP contribution in [0.15, 0.2) is 24.5 Å². The number of rotatable bonds is 2. The van der Waals surface area contributed by atoms with Gasteiger partial charge < -0.3 is 0 Å². The summed E-state index contributed by atoms with van der Waals surface area (Å²) in [5, 5.41) is 0. The van der Waals surface area contributed by atoms with Crippen molar-refractivity contribution < 1.29 is 4.74 Å².